The van der Waals surface area contributed by atoms with Gasteiger partial charge in [0.05, 0.1) is 12.4 Å². The molecule has 0 N–H and O–H groups in total. The van der Waals surface area contributed by atoms with Gasteiger partial charge in [-0.2, -0.15) is 0 Å². The molecule has 0 saturated heterocycles. The number of ketones is 1. The molecular formula is C7H9N3O. The molecule has 1 heterocycles. The van der Waals surface area contributed by atoms with Crippen LogP contribution in [0.15, 0.2) is 18.5 Å². The van der Waals surface area contributed by atoms with Gasteiger partial charge >= 0.3 is 0 Å². The third-order valence-corrected chi connectivity index (χ3v) is 1.20. The molecule has 0 aromatic carbocycles. The minimum Gasteiger partial charge on any atom is -0.295 e. The van der Waals surface area contributed by atoms with Crippen molar-refractivity contribution >= 4 is 12.0 Å². The molecule has 0 unspecified atom stereocenters. The van der Waals surface area contributed by atoms with Crippen molar-refractivity contribution in [3.05, 3.63) is 18.5 Å². The fraction of sp³-hybridized carbons (Fsp3) is 0.286. The Morgan fingerprint density at radius 3 is 3.09 bits per heavy atom. The van der Waals surface area contributed by atoms with E-state index in [0.29, 0.717) is 6.42 Å². The van der Waals surface area contributed by atoms with Crippen LogP contribution in [0, 0.1) is 0 Å². The maximum absolute atomic E-state index is 10.8. The monoisotopic (exact) mass is 151 g/mol. The summed E-state index contributed by atoms with van der Waals surface area (Å²) in [5, 5.41) is 7.23. The predicted molar refractivity (Wildman–Crippen MR) is 40.7 cm³/mol. The number of carbonyl (C=O) groups is 1. The first-order chi connectivity index (χ1) is 5.33. The van der Waals surface area contributed by atoms with E-state index in [9.17, 15) is 4.79 Å². The van der Waals surface area contributed by atoms with E-state index in [1.165, 1.54) is 10.8 Å². The average molecular weight is 151 g/mol. The Morgan fingerprint density at radius 1 is 1.73 bits per heavy atom. The zero-order chi connectivity index (χ0) is 8.10. The van der Waals surface area contributed by atoms with Crippen LogP contribution in [0.5, 0.6) is 0 Å². The van der Waals surface area contributed by atoms with Gasteiger partial charge in [-0.15, -0.1) is 5.10 Å². The van der Waals surface area contributed by atoms with Gasteiger partial charge in [0.15, 0.2) is 5.78 Å². The lowest BCUT2D eigenvalue weighted by molar-refractivity contribution is -0.114. The molecule has 58 valence electrons. The number of rotatable bonds is 3. The summed E-state index contributed by atoms with van der Waals surface area (Å²) in [6, 6.07) is 0. The van der Waals surface area contributed by atoms with Crippen molar-refractivity contribution in [3.63, 3.8) is 0 Å². The maximum Gasteiger partial charge on any atom is 0.156 e. The van der Waals surface area contributed by atoms with E-state index in [4.69, 9.17) is 0 Å². The van der Waals surface area contributed by atoms with Crippen molar-refractivity contribution in [1.29, 1.82) is 0 Å². The molecule has 4 heteroatoms. The summed E-state index contributed by atoms with van der Waals surface area (Å²) in [6.45, 7) is 1.81. The number of hydrogen-bond donors (Lipinski definition) is 0. The van der Waals surface area contributed by atoms with E-state index in [2.05, 4.69) is 10.3 Å². The Balaban J connectivity index is 2.55. The molecule has 0 amide bonds. The second-order valence-corrected chi connectivity index (χ2v) is 2.02. The predicted octanol–water partition coefficient (Wildman–Crippen LogP) is 0.728. The van der Waals surface area contributed by atoms with E-state index >= 15 is 0 Å². The van der Waals surface area contributed by atoms with Crippen molar-refractivity contribution < 1.29 is 4.79 Å². The third kappa shape index (κ3) is 2.33. The molecule has 1 aromatic heterocycles. The molecule has 1 rings (SSSR count). The van der Waals surface area contributed by atoms with Crippen LogP contribution in [0.1, 0.15) is 13.3 Å². The third-order valence-electron chi connectivity index (χ3n) is 1.20. The molecule has 1 aromatic rings. The zero-order valence-corrected chi connectivity index (χ0v) is 6.27. The lowest BCUT2D eigenvalue weighted by atomic mass is 10.3. The van der Waals surface area contributed by atoms with Crippen molar-refractivity contribution in [2.75, 3.05) is 0 Å². The largest absolute Gasteiger partial charge is 0.295 e. The van der Waals surface area contributed by atoms with Gasteiger partial charge in [-0.25, -0.2) is 4.68 Å². The van der Waals surface area contributed by atoms with Crippen molar-refractivity contribution in [2.45, 2.75) is 13.3 Å². The minimum absolute atomic E-state index is 0.0838. The molecule has 0 saturated carbocycles. The minimum atomic E-state index is 0.0838. The summed E-state index contributed by atoms with van der Waals surface area (Å²) < 4.78 is 1.48. The SMILES string of the molecule is CCC(=O)C=Cn1ccnn1. The summed E-state index contributed by atoms with van der Waals surface area (Å²) in [5.74, 6) is 0.0838. The lowest BCUT2D eigenvalue weighted by Crippen LogP contribution is -1.91. The van der Waals surface area contributed by atoms with E-state index in [-0.39, 0.29) is 5.78 Å². The van der Waals surface area contributed by atoms with Gasteiger partial charge in [0.25, 0.3) is 0 Å². The molecule has 0 aliphatic rings. The first kappa shape index (κ1) is 7.65. The Bertz CT molecular complexity index is 251. The molecule has 0 radical (unpaired) electrons. The summed E-state index contributed by atoms with van der Waals surface area (Å²) in [5.41, 5.74) is 0. The second kappa shape index (κ2) is 3.65. The van der Waals surface area contributed by atoms with E-state index in [0.717, 1.165) is 0 Å². The Kier molecular flexibility index (Phi) is 2.54. The maximum atomic E-state index is 10.8. The van der Waals surface area contributed by atoms with Gasteiger partial charge in [-0.1, -0.05) is 12.1 Å². The van der Waals surface area contributed by atoms with Crippen LogP contribution in [0.4, 0.5) is 0 Å². The highest BCUT2D eigenvalue weighted by atomic mass is 16.1. The lowest BCUT2D eigenvalue weighted by Gasteiger charge is -1.86. The standard InChI is InChI=1S/C7H9N3O/c1-2-7(11)3-5-10-6-4-8-9-10/h3-6H,2H2,1H3. The number of allylic oxidation sites excluding steroid dienone is 1. The van der Waals surface area contributed by atoms with Crippen LogP contribution >= 0.6 is 0 Å². The van der Waals surface area contributed by atoms with Crippen LogP contribution in [0.2, 0.25) is 0 Å². The van der Waals surface area contributed by atoms with E-state index < -0.39 is 0 Å². The second-order valence-electron chi connectivity index (χ2n) is 2.02. The van der Waals surface area contributed by atoms with Crippen molar-refractivity contribution in [3.8, 4) is 0 Å². The highest BCUT2D eigenvalue weighted by Crippen LogP contribution is 1.86. The highest BCUT2D eigenvalue weighted by Gasteiger charge is 1.89. The smallest absolute Gasteiger partial charge is 0.156 e. The van der Waals surface area contributed by atoms with Gasteiger partial charge < -0.3 is 0 Å². The van der Waals surface area contributed by atoms with Crippen LogP contribution in [-0.2, 0) is 4.79 Å². The Labute approximate surface area is 64.5 Å². The summed E-state index contributed by atoms with van der Waals surface area (Å²) >= 11 is 0. The fourth-order valence-electron chi connectivity index (χ4n) is 0.574. The fourth-order valence-corrected chi connectivity index (χ4v) is 0.574. The Hall–Kier alpha value is -1.45. The number of nitrogens with zero attached hydrogens (tertiary/aromatic N) is 3. The first-order valence-electron chi connectivity index (χ1n) is 3.39. The van der Waals surface area contributed by atoms with Crippen LogP contribution in [0.25, 0.3) is 6.20 Å². The molecular weight excluding hydrogens is 142 g/mol. The first-order valence-corrected chi connectivity index (χ1v) is 3.39. The van der Waals surface area contributed by atoms with Crippen molar-refractivity contribution in [2.24, 2.45) is 0 Å². The van der Waals surface area contributed by atoms with E-state index in [1.54, 1.807) is 18.6 Å². The topological polar surface area (TPSA) is 47.8 Å². The average Bonchev–Trinajstić information content (AvgIpc) is 2.52. The quantitative estimate of drug-likeness (QED) is 0.598. The number of carbonyl (C=O) groups excluding carboxylic acids is 1. The molecule has 0 atom stereocenters. The van der Waals surface area contributed by atoms with Gasteiger partial charge in [0, 0.05) is 12.6 Å². The molecule has 11 heavy (non-hydrogen) atoms. The summed E-state index contributed by atoms with van der Waals surface area (Å²) in [6.07, 6.45) is 6.80. The Morgan fingerprint density at radius 2 is 2.55 bits per heavy atom. The molecule has 0 bridgehead atoms. The summed E-state index contributed by atoms with van der Waals surface area (Å²) in [7, 11) is 0. The van der Waals surface area contributed by atoms with Gasteiger partial charge in [-0.05, 0) is 6.08 Å². The molecule has 0 aliphatic carbocycles. The molecule has 0 aliphatic heterocycles. The van der Waals surface area contributed by atoms with Crippen molar-refractivity contribution in [1.82, 2.24) is 15.0 Å². The normalized spacial score (nSPS) is 10.6. The van der Waals surface area contributed by atoms with Crippen LogP contribution in [0.3, 0.4) is 0 Å². The van der Waals surface area contributed by atoms with Gasteiger partial charge in [0.1, 0.15) is 0 Å². The van der Waals surface area contributed by atoms with Crippen LogP contribution in [-0.4, -0.2) is 20.8 Å². The molecule has 0 spiro atoms. The number of aromatic nitrogens is 3. The zero-order valence-electron chi connectivity index (χ0n) is 6.27. The molecule has 0 fully saturated rings. The number of hydrogen-bond acceptors (Lipinski definition) is 3. The molecule has 4 nitrogen and oxygen atoms in total. The van der Waals surface area contributed by atoms with Gasteiger partial charge in [-0.3, -0.25) is 4.79 Å². The summed E-state index contributed by atoms with van der Waals surface area (Å²) in [4.78, 5) is 10.8. The van der Waals surface area contributed by atoms with Crippen LogP contribution < -0.4 is 0 Å². The van der Waals surface area contributed by atoms with Gasteiger partial charge in [0.2, 0.25) is 0 Å². The highest BCUT2D eigenvalue weighted by molar-refractivity contribution is 5.91. The van der Waals surface area contributed by atoms with E-state index in [1.807, 2.05) is 6.92 Å².